The molecule has 1 atom stereocenters. The Morgan fingerprint density at radius 2 is 1.83 bits per heavy atom. The third-order valence-electron chi connectivity index (χ3n) is 7.83. The summed E-state index contributed by atoms with van der Waals surface area (Å²) >= 11 is 8.04. The number of pyridine rings is 1. The van der Waals surface area contributed by atoms with Crippen molar-refractivity contribution in [1.29, 1.82) is 0 Å². The monoisotopic (exact) mass is 611 g/mol. The Morgan fingerprint density at radius 3 is 2.57 bits per heavy atom. The summed E-state index contributed by atoms with van der Waals surface area (Å²) < 4.78 is 0. The van der Waals surface area contributed by atoms with Gasteiger partial charge in [-0.1, -0.05) is 78.3 Å². The number of carboxylic acids is 1. The maximum Gasteiger partial charge on any atom is 2.00 e. The van der Waals surface area contributed by atoms with Gasteiger partial charge in [0.15, 0.2) is 0 Å². The topological polar surface area (TPSA) is 70.4 Å². The van der Waals surface area contributed by atoms with E-state index in [1.165, 1.54) is 5.56 Å². The molecular weight excluding hydrogens is 574 g/mol. The second-order valence-electron chi connectivity index (χ2n) is 11.7. The first-order valence-corrected chi connectivity index (χ1v) is 15.5. The van der Waals surface area contributed by atoms with Crippen molar-refractivity contribution in [2.24, 2.45) is 5.41 Å². The standard InChI is InChI=1S/C35H36ClNO3S.Mg.2H/c1-34(2,40)30-9-4-3-7-25(30)13-17-32(41-23-35(18-19-35)22-33(38)39)27-8-5-6-24(20-27)10-15-29-16-12-26-11-14-28(36)21-31(26)37-29;;;/h3-12,14-16,20-21,32,40H,13,17-19,22-23H2,1-2H3,(H,38,39);;;/q;+2;2*-1. The van der Waals surface area contributed by atoms with Crippen molar-refractivity contribution in [3.05, 3.63) is 112 Å². The van der Waals surface area contributed by atoms with Crippen molar-refractivity contribution in [3.8, 4) is 0 Å². The zero-order valence-corrected chi connectivity index (χ0v) is 27.2. The van der Waals surface area contributed by atoms with Crippen LogP contribution in [0.4, 0.5) is 0 Å². The molecule has 1 unspecified atom stereocenters. The van der Waals surface area contributed by atoms with Crippen LogP contribution in [0.1, 0.15) is 75.6 Å². The molecule has 1 aliphatic rings. The number of fused-ring (bicyclic) bond motifs is 1. The molecule has 1 heterocycles. The summed E-state index contributed by atoms with van der Waals surface area (Å²) in [5, 5.41) is 22.1. The largest absolute Gasteiger partial charge is 2.00 e. The predicted molar refractivity (Wildman–Crippen MR) is 179 cm³/mol. The van der Waals surface area contributed by atoms with Crippen LogP contribution in [0, 0.1) is 5.41 Å². The van der Waals surface area contributed by atoms with E-state index >= 15 is 0 Å². The quantitative estimate of drug-likeness (QED) is 0.157. The number of hydrogen-bond donors (Lipinski definition) is 2. The molecule has 1 aromatic heterocycles. The number of aliphatic hydroxyl groups is 1. The molecular formula is C35H38ClMgNO3S. The number of carboxylic acid groups (broad SMARTS) is 1. The van der Waals surface area contributed by atoms with E-state index in [-0.39, 0.29) is 43.0 Å². The first kappa shape index (κ1) is 32.6. The van der Waals surface area contributed by atoms with Crippen LogP contribution >= 0.6 is 23.4 Å². The second kappa shape index (κ2) is 14.0. The van der Waals surface area contributed by atoms with Crippen LogP contribution in [0.3, 0.4) is 0 Å². The Hall–Kier alpha value is -2.35. The van der Waals surface area contributed by atoms with E-state index in [1.807, 2.05) is 74.1 Å². The molecule has 0 spiro atoms. The maximum atomic E-state index is 11.5. The Kier molecular flexibility index (Phi) is 10.8. The Bertz CT molecular complexity index is 1590. The molecule has 216 valence electrons. The van der Waals surface area contributed by atoms with Gasteiger partial charge in [-0.25, -0.2) is 4.98 Å². The second-order valence-corrected chi connectivity index (χ2v) is 13.3. The van der Waals surface area contributed by atoms with Crippen LogP contribution in [-0.4, -0.2) is 50.0 Å². The molecule has 4 aromatic rings. The minimum Gasteiger partial charge on any atom is -1.00 e. The van der Waals surface area contributed by atoms with Gasteiger partial charge in [0.25, 0.3) is 0 Å². The van der Waals surface area contributed by atoms with E-state index < -0.39 is 11.6 Å². The molecule has 0 aliphatic heterocycles. The van der Waals surface area contributed by atoms with Crippen molar-refractivity contribution >= 4 is 75.4 Å². The van der Waals surface area contributed by atoms with Crippen LogP contribution in [0.5, 0.6) is 0 Å². The summed E-state index contributed by atoms with van der Waals surface area (Å²) in [4.78, 5) is 16.2. The van der Waals surface area contributed by atoms with E-state index in [4.69, 9.17) is 16.6 Å². The normalized spacial score (nSPS) is 15.0. The van der Waals surface area contributed by atoms with Gasteiger partial charge in [0, 0.05) is 21.4 Å². The first-order valence-electron chi connectivity index (χ1n) is 14.1. The van der Waals surface area contributed by atoms with Gasteiger partial charge < -0.3 is 13.1 Å². The number of rotatable bonds is 12. The summed E-state index contributed by atoms with van der Waals surface area (Å²) in [6, 6.07) is 26.5. The average molecular weight is 613 g/mol. The van der Waals surface area contributed by atoms with E-state index in [0.29, 0.717) is 5.02 Å². The summed E-state index contributed by atoms with van der Waals surface area (Å²) in [5.74, 6) is 0.122. The van der Waals surface area contributed by atoms with Gasteiger partial charge in [0.05, 0.1) is 23.2 Å². The van der Waals surface area contributed by atoms with Crippen LogP contribution in [-0.2, 0) is 16.8 Å². The van der Waals surface area contributed by atoms with Crippen molar-refractivity contribution in [1.82, 2.24) is 4.98 Å². The molecule has 2 N–H and O–H groups in total. The van der Waals surface area contributed by atoms with E-state index in [1.54, 1.807) is 0 Å². The van der Waals surface area contributed by atoms with Crippen LogP contribution in [0.25, 0.3) is 23.1 Å². The number of nitrogens with zero attached hydrogens (tertiary/aromatic N) is 1. The third kappa shape index (κ3) is 8.61. The van der Waals surface area contributed by atoms with Gasteiger partial charge >= 0.3 is 29.0 Å². The fraction of sp³-hybridized carbons (Fsp3) is 0.314. The number of aromatic nitrogens is 1. The van der Waals surface area contributed by atoms with Crippen molar-refractivity contribution < 1.29 is 17.9 Å². The fourth-order valence-corrected chi connectivity index (χ4v) is 7.09. The molecule has 0 saturated heterocycles. The summed E-state index contributed by atoms with van der Waals surface area (Å²) in [6.45, 7) is 3.66. The van der Waals surface area contributed by atoms with Gasteiger partial charge in [-0.05, 0) is 91.5 Å². The Labute approximate surface area is 276 Å². The number of aryl methyl sites for hydroxylation is 1. The van der Waals surface area contributed by atoms with E-state index in [2.05, 4.69) is 42.5 Å². The number of thioether (sulfide) groups is 1. The number of carbonyl (C=O) groups is 1. The molecule has 5 rings (SSSR count). The summed E-state index contributed by atoms with van der Waals surface area (Å²) in [7, 11) is 0. The molecule has 0 bridgehead atoms. The van der Waals surface area contributed by atoms with Crippen molar-refractivity contribution in [2.45, 2.75) is 56.8 Å². The Morgan fingerprint density at radius 1 is 1.07 bits per heavy atom. The number of halogens is 1. The molecule has 3 aromatic carbocycles. The van der Waals surface area contributed by atoms with Crippen LogP contribution in [0.15, 0.2) is 78.9 Å². The SMILES string of the molecule is CC(C)(O)c1ccccc1CCC(SCC1(CC(=O)O)CC1)c1cccc(C=Cc2ccc3ccc(Cl)cc3n2)c1.[H-].[H-].[Mg+2]. The third-order valence-corrected chi connectivity index (χ3v) is 9.76. The van der Waals surface area contributed by atoms with Gasteiger partial charge in [0.1, 0.15) is 0 Å². The minimum atomic E-state index is -0.911. The van der Waals surface area contributed by atoms with Crippen molar-refractivity contribution in [2.75, 3.05) is 5.75 Å². The van der Waals surface area contributed by atoms with Gasteiger partial charge in [-0.15, -0.1) is 0 Å². The molecule has 1 aliphatic carbocycles. The average Bonchev–Trinajstić information content (AvgIpc) is 3.70. The Balaban J connectivity index is 0.00000225. The van der Waals surface area contributed by atoms with Gasteiger partial charge in [-0.2, -0.15) is 11.8 Å². The van der Waals surface area contributed by atoms with E-state index in [0.717, 1.165) is 64.7 Å². The predicted octanol–water partition coefficient (Wildman–Crippen LogP) is 8.79. The molecule has 0 amide bonds. The number of hydrogen-bond acceptors (Lipinski definition) is 4. The first-order chi connectivity index (χ1) is 19.6. The number of aliphatic carboxylic acids is 1. The van der Waals surface area contributed by atoms with Crippen molar-refractivity contribution in [3.63, 3.8) is 0 Å². The summed E-state index contributed by atoms with van der Waals surface area (Å²) in [5.41, 5.74) is 5.15. The van der Waals surface area contributed by atoms with Crippen LogP contribution in [0.2, 0.25) is 5.02 Å². The molecule has 0 radical (unpaired) electrons. The molecule has 42 heavy (non-hydrogen) atoms. The maximum absolute atomic E-state index is 11.5. The van der Waals surface area contributed by atoms with Crippen LogP contribution < -0.4 is 0 Å². The molecule has 7 heteroatoms. The minimum absolute atomic E-state index is 0. The zero-order valence-electron chi connectivity index (χ0n) is 26.2. The molecule has 4 nitrogen and oxygen atoms in total. The molecule has 1 saturated carbocycles. The van der Waals surface area contributed by atoms with E-state index in [9.17, 15) is 15.0 Å². The smallest absolute Gasteiger partial charge is 1.00 e. The van der Waals surface area contributed by atoms with Gasteiger partial charge in [-0.3, -0.25) is 4.79 Å². The zero-order chi connectivity index (χ0) is 29.0. The summed E-state index contributed by atoms with van der Waals surface area (Å²) in [6.07, 6.45) is 8.02. The van der Waals surface area contributed by atoms with Gasteiger partial charge in [0.2, 0.25) is 0 Å². The number of benzene rings is 3. The molecule has 1 fully saturated rings. The fourth-order valence-electron chi connectivity index (χ4n) is 5.36.